The first-order valence-electron chi connectivity index (χ1n) is 9.38. The van der Waals surface area contributed by atoms with Crippen molar-refractivity contribution < 1.29 is 9.53 Å². The van der Waals surface area contributed by atoms with E-state index in [2.05, 4.69) is 23.1 Å². The van der Waals surface area contributed by atoms with Crippen molar-refractivity contribution in [1.29, 1.82) is 0 Å². The number of halogens is 1. The van der Waals surface area contributed by atoms with Crippen molar-refractivity contribution in [1.82, 2.24) is 9.55 Å². The summed E-state index contributed by atoms with van der Waals surface area (Å²) in [5.41, 5.74) is 0.452. The van der Waals surface area contributed by atoms with Crippen molar-refractivity contribution in [3.63, 3.8) is 0 Å². The van der Waals surface area contributed by atoms with E-state index in [9.17, 15) is 4.79 Å². The molecule has 1 aromatic rings. The second-order valence-electron chi connectivity index (χ2n) is 6.81. The van der Waals surface area contributed by atoms with Gasteiger partial charge in [-0.15, -0.1) is 12.4 Å². The predicted molar refractivity (Wildman–Crippen MR) is 106 cm³/mol. The molecule has 1 aromatic heterocycles. The molecule has 0 radical (unpaired) electrons. The molecule has 1 rings (SSSR count). The zero-order chi connectivity index (χ0) is 17.8. The van der Waals surface area contributed by atoms with Gasteiger partial charge >= 0.3 is 5.97 Å². The molecule has 0 bridgehead atoms. The van der Waals surface area contributed by atoms with Gasteiger partial charge < -0.3 is 9.30 Å². The van der Waals surface area contributed by atoms with Gasteiger partial charge in [0.25, 0.3) is 0 Å². The van der Waals surface area contributed by atoms with Gasteiger partial charge in [-0.2, -0.15) is 0 Å². The molecule has 0 N–H and O–H groups in total. The highest BCUT2D eigenvalue weighted by Crippen LogP contribution is 2.23. The highest BCUT2D eigenvalue weighted by atomic mass is 35.5. The highest BCUT2D eigenvalue weighted by Gasteiger charge is 2.17. The van der Waals surface area contributed by atoms with Gasteiger partial charge in [-0.25, -0.2) is 9.78 Å². The quantitative estimate of drug-likeness (QED) is 0.247. The molecule has 1 heterocycles. The molecule has 144 valence electrons. The van der Waals surface area contributed by atoms with Crippen molar-refractivity contribution in [2.75, 3.05) is 0 Å². The first kappa shape index (κ1) is 23.7. The third-order valence-corrected chi connectivity index (χ3v) is 4.35. The molecular weight excluding hydrogens is 336 g/mol. The van der Waals surface area contributed by atoms with E-state index in [1.165, 1.54) is 44.9 Å². The largest absolute Gasteiger partial charge is 0.459 e. The fourth-order valence-electron chi connectivity index (χ4n) is 2.93. The molecule has 5 heteroatoms. The van der Waals surface area contributed by atoms with Gasteiger partial charge in [0.1, 0.15) is 6.10 Å². The third kappa shape index (κ3) is 10.3. The summed E-state index contributed by atoms with van der Waals surface area (Å²) in [6.07, 6.45) is 16.6. The number of ether oxygens (including phenoxy) is 1. The van der Waals surface area contributed by atoms with Gasteiger partial charge in [0.05, 0.1) is 6.33 Å². The summed E-state index contributed by atoms with van der Waals surface area (Å²) < 4.78 is 7.58. The van der Waals surface area contributed by atoms with Crippen molar-refractivity contribution in [2.45, 2.75) is 90.7 Å². The Morgan fingerprint density at radius 3 is 2.40 bits per heavy atom. The zero-order valence-electron chi connectivity index (χ0n) is 16.1. The highest BCUT2D eigenvalue weighted by molar-refractivity contribution is 5.87. The second-order valence-corrected chi connectivity index (χ2v) is 6.81. The summed E-state index contributed by atoms with van der Waals surface area (Å²) in [5, 5.41) is 0. The van der Waals surface area contributed by atoms with E-state index in [1.807, 2.05) is 25.6 Å². The van der Waals surface area contributed by atoms with E-state index in [0.29, 0.717) is 11.6 Å². The third-order valence-electron chi connectivity index (χ3n) is 4.35. The molecule has 0 saturated heterocycles. The Balaban J connectivity index is 0.00000576. The minimum Gasteiger partial charge on any atom is -0.459 e. The van der Waals surface area contributed by atoms with Crippen LogP contribution in [0.4, 0.5) is 0 Å². The average molecular weight is 371 g/mol. The smallest absolute Gasteiger partial charge is 0.333 e. The molecule has 2 atom stereocenters. The fourth-order valence-corrected chi connectivity index (χ4v) is 2.93. The topological polar surface area (TPSA) is 44.1 Å². The summed E-state index contributed by atoms with van der Waals surface area (Å²) in [4.78, 5) is 15.8. The summed E-state index contributed by atoms with van der Waals surface area (Å²) >= 11 is 0. The number of carbonyl (C=O) groups excluding carboxylic acids is 1. The normalized spacial score (nSPS) is 12.9. The van der Waals surface area contributed by atoms with Crippen LogP contribution in [0, 0.1) is 0 Å². The van der Waals surface area contributed by atoms with Crippen molar-refractivity contribution in [2.24, 2.45) is 0 Å². The van der Waals surface area contributed by atoms with Gasteiger partial charge in [0, 0.05) is 30.4 Å². The number of nitrogens with zero attached hydrogens (tertiary/aromatic N) is 2. The van der Waals surface area contributed by atoms with E-state index in [-0.39, 0.29) is 24.5 Å². The van der Waals surface area contributed by atoms with E-state index in [4.69, 9.17) is 4.74 Å². The van der Waals surface area contributed by atoms with Crippen molar-refractivity contribution in [3.05, 3.63) is 30.9 Å². The number of carbonyl (C=O) groups is 1. The average Bonchev–Trinajstić information content (AvgIpc) is 3.07. The molecule has 2 unspecified atom stereocenters. The lowest BCUT2D eigenvalue weighted by Gasteiger charge is -2.22. The van der Waals surface area contributed by atoms with Gasteiger partial charge in [-0.1, -0.05) is 58.4 Å². The van der Waals surface area contributed by atoms with Crippen LogP contribution in [0.5, 0.6) is 0 Å². The van der Waals surface area contributed by atoms with Gasteiger partial charge in [0.2, 0.25) is 0 Å². The molecule has 0 fully saturated rings. The zero-order valence-corrected chi connectivity index (χ0v) is 16.9. The molecule has 0 amide bonds. The van der Waals surface area contributed by atoms with Gasteiger partial charge in [-0.05, 0) is 20.3 Å². The van der Waals surface area contributed by atoms with Crippen LogP contribution in [0.1, 0.15) is 84.6 Å². The molecule has 0 aliphatic carbocycles. The number of esters is 1. The molecule has 25 heavy (non-hydrogen) atoms. The SMILES string of the molecule is C=C(C)C(=O)OC(C)CC(CCCCCCCCC)n1ccnc1.Cl. The Hall–Kier alpha value is -1.29. The van der Waals surface area contributed by atoms with E-state index >= 15 is 0 Å². The van der Waals surface area contributed by atoms with E-state index < -0.39 is 0 Å². The lowest BCUT2D eigenvalue weighted by Crippen LogP contribution is -2.20. The van der Waals surface area contributed by atoms with Crippen LogP contribution in [0.2, 0.25) is 0 Å². The van der Waals surface area contributed by atoms with Crippen LogP contribution in [0.15, 0.2) is 30.9 Å². The molecule has 0 aromatic carbocycles. The Labute approximate surface area is 159 Å². The number of hydrogen-bond donors (Lipinski definition) is 0. The van der Waals surface area contributed by atoms with Crippen LogP contribution >= 0.6 is 12.4 Å². The second kappa shape index (κ2) is 13.9. The van der Waals surface area contributed by atoms with E-state index in [1.54, 1.807) is 6.92 Å². The predicted octanol–water partition coefficient (Wildman–Crippen LogP) is 5.88. The molecular formula is C20H35ClN2O2. The number of hydrogen-bond acceptors (Lipinski definition) is 3. The first-order valence-corrected chi connectivity index (χ1v) is 9.38. The minimum absolute atomic E-state index is 0. The molecule has 4 nitrogen and oxygen atoms in total. The molecule has 0 aliphatic heterocycles. The van der Waals surface area contributed by atoms with Crippen LogP contribution in [0.3, 0.4) is 0 Å². The Morgan fingerprint density at radius 1 is 1.20 bits per heavy atom. The maximum absolute atomic E-state index is 11.7. The molecule has 0 aliphatic rings. The monoisotopic (exact) mass is 370 g/mol. The maximum Gasteiger partial charge on any atom is 0.333 e. The van der Waals surface area contributed by atoms with Gasteiger partial charge in [-0.3, -0.25) is 0 Å². The van der Waals surface area contributed by atoms with E-state index in [0.717, 1.165) is 12.8 Å². The summed E-state index contributed by atoms with van der Waals surface area (Å²) in [6.45, 7) is 9.52. The summed E-state index contributed by atoms with van der Waals surface area (Å²) in [6, 6.07) is 0.330. The van der Waals surface area contributed by atoms with Crippen LogP contribution < -0.4 is 0 Å². The number of unbranched alkanes of at least 4 members (excludes halogenated alkanes) is 6. The lowest BCUT2D eigenvalue weighted by atomic mass is 10.0. The van der Waals surface area contributed by atoms with Crippen LogP contribution in [0.25, 0.3) is 0 Å². The van der Waals surface area contributed by atoms with Crippen molar-refractivity contribution in [3.8, 4) is 0 Å². The summed E-state index contributed by atoms with van der Waals surface area (Å²) in [7, 11) is 0. The van der Waals surface area contributed by atoms with Crippen LogP contribution in [-0.4, -0.2) is 21.6 Å². The maximum atomic E-state index is 11.7. The number of imidazole rings is 1. The molecule has 0 spiro atoms. The minimum atomic E-state index is -0.303. The van der Waals surface area contributed by atoms with Gasteiger partial charge in [0.15, 0.2) is 0 Å². The van der Waals surface area contributed by atoms with Crippen LogP contribution in [-0.2, 0) is 9.53 Å². The van der Waals surface area contributed by atoms with Crippen molar-refractivity contribution >= 4 is 18.4 Å². The lowest BCUT2D eigenvalue weighted by molar-refractivity contribution is -0.144. The molecule has 0 saturated carbocycles. The Bertz CT molecular complexity index is 474. The standard InChI is InChI=1S/C20H34N2O2.ClH/c1-5-6-7-8-9-10-11-12-19(22-14-13-21-16-22)15-18(4)24-20(23)17(2)3;/h13-14,16,18-19H,2,5-12,15H2,1,3-4H3;1H. The fraction of sp³-hybridized carbons (Fsp3) is 0.700. The Morgan fingerprint density at radius 2 is 1.84 bits per heavy atom. The number of aromatic nitrogens is 2. The number of rotatable bonds is 13. The summed E-state index contributed by atoms with van der Waals surface area (Å²) in [5.74, 6) is -0.303. The Kier molecular flexibility index (Phi) is 13.2. The first-order chi connectivity index (χ1) is 11.5.